The van der Waals surface area contributed by atoms with Crippen LogP contribution in [-0.2, 0) is 4.87 Å². The molecule has 1 aromatic heterocycles. The van der Waals surface area contributed by atoms with Gasteiger partial charge in [0.05, 0.1) is 5.52 Å². The largest absolute Gasteiger partial charge is 0.223 e. The third-order valence-electron chi connectivity index (χ3n) is 4.37. The molecule has 1 atom stereocenters. The van der Waals surface area contributed by atoms with Crippen LogP contribution in [0.4, 0.5) is 0 Å². The van der Waals surface area contributed by atoms with Gasteiger partial charge in [0, 0.05) is 11.3 Å². The minimum Gasteiger partial charge on any atom is -0.223 e. The van der Waals surface area contributed by atoms with Crippen molar-refractivity contribution in [2.24, 2.45) is 0 Å². The molecule has 0 saturated heterocycles. The maximum Gasteiger partial charge on any atom is 0.143 e. The lowest BCUT2D eigenvalue weighted by Crippen LogP contribution is -2.32. The molecule has 4 aromatic rings. The van der Waals surface area contributed by atoms with Gasteiger partial charge in [0.2, 0.25) is 0 Å². The second-order valence-electron chi connectivity index (χ2n) is 6.05. The highest BCUT2D eigenvalue weighted by atomic mass is 32.2. The maximum atomic E-state index is 4.56. The third-order valence-corrected chi connectivity index (χ3v) is 5.79. The predicted molar refractivity (Wildman–Crippen MR) is 108 cm³/mol. The van der Waals surface area contributed by atoms with Crippen LogP contribution in [0.15, 0.2) is 102 Å². The third kappa shape index (κ3) is 2.93. The van der Waals surface area contributed by atoms with Crippen LogP contribution in [0.3, 0.4) is 0 Å². The van der Waals surface area contributed by atoms with E-state index in [1.54, 1.807) is 11.8 Å². The van der Waals surface area contributed by atoms with Gasteiger partial charge in [0.15, 0.2) is 0 Å². The van der Waals surface area contributed by atoms with Crippen LogP contribution in [-0.4, -0.2) is 15.0 Å². The molecule has 0 N–H and O–H groups in total. The first kappa shape index (κ1) is 16.6. The smallest absolute Gasteiger partial charge is 0.143 e. The van der Waals surface area contributed by atoms with E-state index < -0.39 is 4.87 Å². The van der Waals surface area contributed by atoms with E-state index in [2.05, 4.69) is 71.5 Å². The molecule has 0 amide bonds. The molecule has 1 unspecified atom stereocenters. The summed E-state index contributed by atoms with van der Waals surface area (Å²) in [6.45, 7) is 4.03. The molecule has 0 radical (unpaired) electrons. The lowest BCUT2D eigenvalue weighted by Gasteiger charge is -2.33. The summed E-state index contributed by atoms with van der Waals surface area (Å²) in [5.41, 5.74) is 3.08. The zero-order valence-corrected chi connectivity index (χ0v) is 15.1. The fourth-order valence-corrected chi connectivity index (χ4v) is 4.54. The molecule has 0 aliphatic rings. The molecule has 1 heterocycles. The minimum absolute atomic E-state index is 0.458. The summed E-state index contributed by atoms with van der Waals surface area (Å²) >= 11 is 1.78. The second-order valence-corrected chi connectivity index (χ2v) is 7.40. The standard InChI is InChI=1S/C22H19N3S/c1-2-17-22(18-11-5-3-6-12-18,26-19-13-7-4-8-14-19)25-21-16-10-9-15-20(21)23-24-25/h2-16H,1,17H2. The van der Waals surface area contributed by atoms with E-state index in [0.29, 0.717) is 0 Å². The van der Waals surface area contributed by atoms with E-state index in [1.807, 2.05) is 41.1 Å². The van der Waals surface area contributed by atoms with E-state index >= 15 is 0 Å². The molecular formula is C22H19N3S. The van der Waals surface area contributed by atoms with Crippen molar-refractivity contribution in [1.82, 2.24) is 15.0 Å². The van der Waals surface area contributed by atoms with E-state index in [9.17, 15) is 0 Å². The van der Waals surface area contributed by atoms with Gasteiger partial charge in [-0.25, -0.2) is 4.68 Å². The summed E-state index contributed by atoms with van der Waals surface area (Å²) in [5.74, 6) is 0. The lowest BCUT2D eigenvalue weighted by atomic mass is 10.0. The summed E-state index contributed by atoms with van der Waals surface area (Å²) < 4.78 is 2.04. The van der Waals surface area contributed by atoms with Crippen molar-refractivity contribution in [2.75, 3.05) is 0 Å². The zero-order chi connectivity index (χ0) is 17.8. The van der Waals surface area contributed by atoms with Crippen molar-refractivity contribution >= 4 is 22.8 Å². The van der Waals surface area contributed by atoms with Crippen LogP contribution < -0.4 is 0 Å². The normalized spacial score (nSPS) is 13.4. The van der Waals surface area contributed by atoms with Gasteiger partial charge in [-0.15, -0.1) is 11.7 Å². The summed E-state index contributed by atoms with van der Waals surface area (Å²) in [5, 5.41) is 8.96. The van der Waals surface area contributed by atoms with Crippen molar-refractivity contribution < 1.29 is 0 Å². The number of thioether (sulfide) groups is 1. The predicted octanol–water partition coefficient (Wildman–Crippen LogP) is 5.50. The van der Waals surface area contributed by atoms with Crippen molar-refractivity contribution in [1.29, 1.82) is 0 Å². The fraction of sp³-hybridized carbons (Fsp3) is 0.0909. The highest BCUT2D eigenvalue weighted by Gasteiger charge is 2.37. The van der Waals surface area contributed by atoms with Crippen LogP contribution in [0, 0.1) is 0 Å². The first-order chi connectivity index (χ1) is 12.8. The van der Waals surface area contributed by atoms with Crippen LogP contribution >= 0.6 is 11.8 Å². The topological polar surface area (TPSA) is 30.7 Å². The lowest BCUT2D eigenvalue weighted by molar-refractivity contribution is 0.476. The average molecular weight is 357 g/mol. The molecule has 3 nitrogen and oxygen atoms in total. The Bertz CT molecular complexity index is 1010. The Morgan fingerprint density at radius 2 is 1.54 bits per heavy atom. The molecular weight excluding hydrogens is 338 g/mol. The molecule has 128 valence electrons. The second kappa shape index (κ2) is 7.18. The Morgan fingerprint density at radius 1 is 0.885 bits per heavy atom. The molecule has 3 aromatic carbocycles. The van der Waals surface area contributed by atoms with Gasteiger partial charge in [-0.05, 0) is 29.8 Å². The van der Waals surface area contributed by atoms with Crippen LogP contribution in [0.2, 0.25) is 0 Å². The Morgan fingerprint density at radius 3 is 2.27 bits per heavy atom. The molecule has 0 spiro atoms. The number of nitrogens with zero attached hydrogens (tertiary/aromatic N) is 3. The number of allylic oxidation sites excluding steroid dienone is 1. The van der Waals surface area contributed by atoms with E-state index in [-0.39, 0.29) is 0 Å². The van der Waals surface area contributed by atoms with Crippen LogP contribution in [0.1, 0.15) is 12.0 Å². The SMILES string of the molecule is C=CCC(Sc1ccccc1)(c1ccccc1)n1nnc2ccccc21. The van der Waals surface area contributed by atoms with Gasteiger partial charge >= 0.3 is 0 Å². The van der Waals surface area contributed by atoms with E-state index in [0.717, 1.165) is 17.5 Å². The van der Waals surface area contributed by atoms with Gasteiger partial charge in [0.25, 0.3) is 0 Å². The van der Waals surface area contributed by atoms with Gasteiger partial charge in [0.1, 0.15) is 10.4 Å². The molecule has 0 aliphatic heterocycles. The highest BCUT2D eigenvalue weighted by Crippen LogP contribution is 2.46. The van der Waals surface area contributed by atoms with Crippen molar-refractivity contribution in [3.63, 3.8) is 0 Å². The number of para-hydroxylation sites is 1. The Balaban J connectivity index is 1.97. The zero-order valence-electron chi connectivity index (χ0n) is 14.3. The number of hydrogen-bond acceptors (Lipinski definition) is 3. The van der Waals surface area contributed by atoms with Gasteiger partial charge in [-0.3, -0.25) is 0 Å². The number of rotatable bonds is 6. The number of fused-ring (bicyclic) bond motifs is 1. The molecule has 0 fully saturated rings. The quantitative estimate of drug-likeness (QED) is 0.337. The summed E-state index contributed by atoms with van der Waals surface area (Å²) in [6, 6.07) is 29.0. The number of hydrogen-bond donors (Lipinski definition) is 0. The maximum absolute atomic E-state index is 4.56. The van der Waals surface area contributed by atoms with E-state index in [4.69, 9.17) is 0 Å². The Kier molecular flexibility index (Phi) is 4.59. The van der Waals surface area contributed by atoms with Crippen LogP contribution in [0.5, 0.6) is 0 Å². The first-order valence-corrected chi connectivity index (χ1v) is 9.36. The van der Waals surface area contributed by atoms with Gasteiger partial charge < -0.3 is 0 Å². The monoisotopic (exact) mass is 357 g/mol. The summed E-state index contributed by atoms with van der Waals surface area (Å²) in [7, 11) is 0. The molecule has 4 rings (SSSR count). The average Bonchev–Trinajstić information content (AvgIpc) is 3.14. The molecule has 0 aliphatic carbocycles. The molecule has 26 heavy (non-hydrogen) atoms. The Labute approximate surface area is 157 Å². The van der Waals surface area contributed by atoms with Crippen molar-refractivity contribution in [3.8, 4) is 0 Å². The highest BCUT2D eigenvalue weighted by molar-refractivity contribution is 8.00. The number of aromatic nitrogens is 3. The number of benzene rings is 3. The first-order valence-electron chi connectivity index (χ1n) is 8.55. The molecule has 0 bridgehead atoms. The molecule has 4 heteroatoms. The Hall–Kier alpha value is -2.85. The van der Waals surface area contributed by atoms with Gasteiger partial charge in [-0.1, -0.05) is 83.7 Å². The summed E-state index contributed by atoms with van der Waals surface area (Å²) in [4.78, 5) is 0.721. The van der Waals surface area contributed by atoms with Gasteiger partial charge in [-0.2, -0.15) is 0 Å². The minimum atomic E-state index is -0.458. The van der Waals surface area contributed by atoms with Crippen molar-refractivity contribution in [2.45, 2.75) is 16.2 Å². The van der Waals surface area contributed by atoms with E-state index in [1.165, 1.54) is 10.5 Å². The fourth-order valence-electron chi connectivity index (χ4n) is 3.18. The van der Waals surface area contributed by atoms with Crippen molar-refractivity contribution in [3.05, 3.63) is 103 Å². The van der Waals surface area contributed by atoms with Crippen LogP contribution in [0.25, 0.3) is 11.0 Å². The summed E-state index contributed by atoms with van der Waals surface area (Å²) in [6.07, 6.45) is 2.68. The molecule has 0 saturated carbocycles.